The second-order valence-corrected chi connectivity index (χ2v) is 1.78. The average Bonchev–Trinajstić information content (AvgIpc) is 1.69. The van der Waals surface area contributed by atoms with Gasteiger partial charge < -0.3 is 5.73 Å². The van der Waals surface area contributed by atoms with E-state index in [9.17, 15) is 0 Å². The van der Waals surface area contributed by atoms with Crippen molar-refractivity contribution in [2.24, 2.45) is 0 Å². The molecule has 0 amide bonds. The van der Waals surface area contributed by atoms with Crippen molar-refractivity contribution in [3.63, 3.8) is 0 Å². The van der Waals surface area contributed by atoms with Gasteiger partial charge in [0.2, 0.25) is 0 Å². The van der Waals surface area contributed by atoms with Crippen molar-refractivity contribution in [2.75, 3.05) is 6.54 Å². The largest absolute Gasteiger partial charge is 1.00 e. The van der Waals surface area contributed by atoms with Crippen LogP contribution in [0.4, 0.5) is 0 Å². The molecule has 0 aliphatic heterocycles. The molecule has 0 saturated carbocycles. The zero-order valence-corrected chi connectivity index (χ0v) is 5.98. The topological polar surface area (TPSA) is 22.3 Å². The van der Waals surface area contributed by atoms with Gasteiger partial charge in [-0.25, -0.2) is 0 Å². The zero-order chi connectivity index (χ0) is 5.54. The molecule has 0 fully saturated rings. The minimum Gasteiger partial charge on any atom is -0.808 e. The van der Waals surface area contributed by atoms with Gasteiger partial charge in [-0.3, -0.25) is 0 Å². The molecule has 0 atom stereocenters. The van der Waals surface area contributed by atoms with Crippen molar-refractivity contribution in [2.45, 2.75) is 32.6 Å². The normalized spacial score (nSPS) is 8.25. The molecule has 8 heavy (non-hydrogen) atoms. The molecule has 0 heterocycles. The van der Waals surface area contributed by atoms with E-state index in [4.69, 9.17) is 5.73 Å². The molecular weight excluding hydrogens is 93.0 g/mol. The van der Waals surface area contributed by atoms with Gasteiger partial charge in [-0.2, -0.15) is 6.54 Å². The Kier molecular flexibility index (Phi) is 14.9. The van der Waals surface area contributed by atoms with E-state index in [1.165, 1.54) is 19.3 Å². The van der Waals surface area contributed by atoms with Gasteiger partial charge in [0.15, 0.2) is 0 Å². The van der Waals surface area contributed by atoms with Crippen molar-refractivity contribution in [3.8, 4) is 0 Å². The number of hydrogen-bond donors (Lipinski definition) is 0. The van der Waals surface area contributed by atoms with Gasteiger partial charge >= 0.3 is 18.9 Å². The first-order valence-corrected chi connectivity index (χ1v) is 3.02. The SMILES string of the molecule is CCCCCC[N-].[Li+]. The maximum absolute atomic E-state index is 8.29. The van der Waals surface area contributed by atoms with E-state index >= 15 is 0 Å². The number of hydrogen-bond acceptors (Lipinski definition) is 0. The third-order valence-corrected chi connectivity index (χ3v) is 1.01. The Hall–Kier alpha value is 0.557. The molecular formula is C6H13LiN. The second-order valence-electron chi connectivity index (χ2n) is 1.78. The molecule has 0 saturated heterocycles. The molecule has 0 aromatic heterocycles. The molecule has 2 heteroatoms. The molecule has 0 N–H and O–H groups in total. The Morgan fingerprint density at radius 3 is 2.12 bits per heavy atom. The molecule has 0 rings (SSSR count). The molecule has 0 aliphatic carbocycles. The third-order valence-electron chi connectivity index (χ3n) is 1.01. The van der Waals surface area contributed by atoms with E-state index in [0.717, 1.165) is 6.42 Å². The first-order valence-electron chi connectivity index (χ1n) is 3.02. The Labute approximate surface area is 64.2 Å². The summed E-state index contributed by atoms with van der Waals surface area (Å²) in [5.41, 5.74) is 8.29. The van der Waals surface area contributed by atoms with Crippen molar-refractivity contribution in [1.29, 1.82) is 0 Å². The van der Waals surface area contributed by atoms with E-state index in [-0.39, 0.29) is 18.9 Å². The molecule has 43 valence electrons. The van der Waals surface area contributed by atoms with Gasteiger partial charge in [-0.05, 0) is 0 Å². The first-order chi connectivity index (χ1) is 3.41. The number of rotatable bonds is 4. The van der Waals surface area contributed by atoms with Crippen LogP contribution in [-0.2, 0) is 0 Å². The first kappa shape index (κ1) is 11.4. The van der Waals surface area contributed by atoms with Crippen LogP contribution in [0.5, 0.6) is 0 Å². The van der Waals surface area contributed by atoms with Crippen LogP contribution < -0.4 is 18.9 Å². The predicted molar refractivity (Wildman–Crippen MR) is 32.4 cm³/mol. The maximum atomic E-state index is 8.29. The Balaban J connectivity index is 0. The van der Waals surface area contributed by atoms with Crippen LogP contribution in [0.1, 0.15) is 32.6 Å². The summed E-state index contributed by atoms with van der Waals surface area (Å²) in [4.78, 5) is 0. The smallest absolute Gasteiger partial charge is 0.808 e. The molecule has 0 spiro atoms. The molecule has 0 aliphatic rings. The minimum atomic E-state index is 0. The molecule has 0 unspecified atom stereocenters. The Morgan fingerprint density at radius 1 is 1.12 bits per heavy atom. The summed E-state index contributed by atoms with van der Waals surface area (Å²) in [6.07, 6.45) is 4.68. The van der Waals surface area contributed by atoms with E-state index < -0.39 is 0 Å². The van der Waals surface area contributed by atoms with E-state index in [2.05, 4.69) is 6.92 Å². The van der Waals surface area contributed by atoms with Gasteiger partial charge in [-0.15, -0.1) is 0 Å². The summed E-state index contributed by atoms with van der Waals surface area (Å²) < 4.78 is 0. The van der Waals surface area contributed by atoms with Gasteiger partial charge in [0.25, 0.3) is 0 Å². The van der Waals surface area contributed by atoms with Gasteiger partial charge in [-0.1, -0.05) is 32.6 Å². The van der Waals surface area contributed by atoms with Crippen LogP contribution in [-0.4, -0.2) is 6.54 Å². The van der Waals surface area contributed by atoms with Crippen LogP contribution in [0.3, 0.4) is 0 Å². The third kappa shape index (κ3) is 9.75. The summed E-state index contributed by atoms with van der Waals surface area (Å²) in [6, 6.07) is 0. The maximum Gasteiger partial charge on any atom is 1.00 e. The molecule has 1 radical (unpaired) electrons. The Bertz CT molecular complexity index is 27.7. The average molecular weight is 106 g/mol. The Morgan fingerprint density at radius 2 is 1.75 bits per heavy atom. The van der Waals surface area contributed by atoms with Crippen LogP contribution in [0.2, 0.25) is 0 Å². The number of unbranched alkanes of at least 4 members (excludes halogenated alkanes) is 3. The van der Waals surface area contributed by atoms with E-state index in [1.807, 2.05) is 0 Å². The van der Waals surface area contributed by atoms with Gasteiger partial charge in [0.05, 0.1) is 0 Å². The monoisotopic (exact) mass is 106 g/mol. The van der Waals surface area contributed by atoms with Crippen LogP contribution in [0, 0.1) is 0 Å². The standard InChI is InChI=1S/C6H13N.Li/c1-2-3-4-5-6-7;/h2-6H2,1H3;/q-1;+1. The summed E-state index contributed by atoms with van der Waals surface area (Å²) in [5.74, 6) is 0. The second kappa shape index (κ2) is 10.5. The fraction of sp³-hybridized carbons (Fsp3) is 1.00. The zero-order valence-electron chi connectivity index (χ0n) is 5.98. The predicted octanol–water partition coefficient (Wildman–Crippen LogP) is -0.591. The van der Waals surface area contributed by atoms with Crippen molar-refractivity contribution in [3.05, 3.63) is 5.73 Å². The number of nitrogens with zero attached hydrogens (tertiary/aromatic N) is 1. The quantitative estimate of drug-likeness (QED) is 0.337. The summed E-state index contributed by atoms with van der Waals surface area (Å²) >= 11 is 0. The van der Waals surface area contributed by atoms with Crippen molar-refractivity contribution < 1.29 is 18.9 Å². The van der Waals surface area contributed by atoms with Crippen molar-refractivity contribution >= 4 is 0 Å². The van der Waals surface area contributed by atoms with Gasteiger partial charge in [0.1, 0.15) is 0 Å². The molecule has 0 aromatic rings. The van der Waals surface area contributed by atoms with Crippen molar-refractivity contribution in [1.82, 2.24) is 0 Å². The fourth-order valence-electron chi connectivity index (χ4n) is 0.539. The van der Waals surface area contributed by atoms with E-state index in [0.29, 0.717) is 6.54 Å². The van der Waals surface area contributed by atoms with E-state index in [1.54, 1.807) is 0 Å². The minimum absolute atomic E-state index is 0. The molecule has 0 bridgehead atoms. The summed E-state index contributed by atoms with van der Waals surface area (Å²) in [5, 5.41) is 0. The molecule has 0 aromatic carbocycles. The van der Waals surface area contributed by atoms with Gasteiger partial charge in [0, 0.05) is 0 Å². The van der Waals surface area contributed by atoms with Crippen LogP contribution in [0.15, 0.2) is 0 Å². The molecule has 1 nitrogen and oxygen atoms in total. The fourth-order valence-corrected chi connectivity index (χ4v) is 0.539. The van der Waals surface area contributed by atoms with Crippen LogP contribution >= 0.6 is 0 Å². The van der Waals surface area contributed by atoms with Crippen LogP contribution in [0.25, 0.3) is 5.73 Å². The summed E-state index contributed by atoms with van der Waals surface area (Å²) in [7, 11) is 0. The summed E-state index contributed by atoms with van der Waals surface area (Å²) in [6.45, 7) is 2.53.